The molecule has 0 unspecified atom stereocenters. The van der Waals surface area contributed by atoms with Crippen molar-refractivity contribution < 1.29 is 27.9 Å². The molecule has 22 heavy (non-hydrogen) atoms. The van der Waals surface area contributed by atoms with Gasteiger partial charge < -0.3 is 10.0 Å². The van der Waals surface area contributed by atoms with E-state index in [2.05, 4.69) is 0 Å². The van der Waals surface area contributed by atoms with E-state index in [9.17, 15) is 22.8 Å². The summed E-state index contributed by atoms with van der Waals surface area (Å²) in [5, 5.41) is 8.99. The summed E-state index contributed by atoms with van der Waals surface area (Å²) in [7, 11) is 0. The maximum absolute atomic E-state index is 12.6. The van der Waals surface area contributed by atoms with Gasteiger partial charge >= 0.3 is 12.1 Å². The monoisotopic (exact) mass is 313 g/mol. The number of carboxylic acid groups (broad SMARTS) is 1. The third-order valence-electron chi connectivity index (χ3n) is 3.43. The zero-order valence-electron chi connectivity index (χ0n) is 11.8. The van der Waals surface area contributed by atoms with Crippen LogP contribution in [0.2, 0.25) is 0 Å². The van der Waals surface area contributed by atoms with Gasteiger partial charge in [0.2, 0.25) is 0 Å². The summed E-state index contributed by atoms with van der Waals surface area (Å²) in [6, 6.07) is 4.19. The van der Waals surface area contributed by atoms with E-state index in [0.717, 1.165) is 6.08 Å². The van der Waals surface area contributed by atoms with Gasteiger partial charge in [0.05, 0.1) is 5.56 Å². The Labute approximate surface area is 124 Å². The van der Waals surface area contributed by atoms with Gasteiger partial charge in [0.1, 0.15) is 0 Å². The van der Waals surface area contributed by atoms with E-state index in [1.807, 2.05) is 0 Å². The fourth-order valence-electron chi connectivity index (χ4n) is 2.32. The van der Waals surface area contributed by atoms with E-state index >= 15 is 0 Å². The summed E-state index contributed by atoms with van der Waals surface area (Å²) in [5.41, 5.74) is 0.118. The van der Waals surface area contributed by atoms with Crippen LogP contribution < -0.4 is 0 Å². The van der Waals surface area contributed by atoms with Crippen molar-refractivity contribution in [3.63, 3.8) is 0 Å². The van der Waals surface area contributed by atoms with Gasteiger partial charge in [-0.15, -0.1) is 0 Å². The highest BCUT2D eigenvalue weighted by molar-refractivity contribution is 5.98. The van der Waals surface area contributed by atoms with E-state index in [4.69, 9.17) is 5.11 Å². The number of carboxylic acids is 1. The second kappa shape index (κ2) is 5.82. The third kappa shape index (κ3) is 3.47. The minimum absolute atomic E-state index is 0.0214. The fourth-order valence-corrected chi connectivity index (χ4v) is 2.32. The molecule has 0 fully saturated rings. The molecule has 1 amide bonds. The Bertz CT molecular complexity index is 650. The van der Waals surface area contributed by atoms with Crippen molar-refractivity contribution in [1.29, 1.82) is 0 Å². The lowest BCUT2D eigenvalue weighted by molar-refractivity contribution is -0.0957. The molecule has 7 heteroatoms. The molecule has 1 aliphatic rings. The van der Waals surface area contributed by atoms with Crippen molar-refractivity contribution in [2.45, 2.75) is 19.5 Å². The van der Waals surface area contributed by atoms with Crippen LogP contribution in [-0.4, -0.2) is 41.1 Å². The Balaban J connectivity index is 2.20. The van der Waals surface area contributed by atoms with Gasteiger partial charge in [0, 0.05) is 24.2 Å². The number of aromatic carboxylic acids is 1. The number of hydrogen-bond acceptors (Lipinski definition) is 2. The molecule has 2 rings (SSSR count). The van der Waals surface area contributed by atoms with Gasteiger partial charge in [-0.1, -0.05) is 6.08 Å². The molecule has 0 saturated heterocycles. The molecule has 1 heterocycles. The fraction of sp³-hybridized carbons (Fsp3) is 0.333. The molecule has 4 nitrogen and oxygen atoms in total. The van der Waals surface area contributed by atoms with Crippen LogP contribution >= 0.6 is 0 Å². The third-order valence-corrected chi connectivity index (χ3v) is 3.43. The minimum atomic E-state index is -4.37. The number of aryl methyl sites for hydroxylation is 1. The van der Waals surface area contributed by atoms with Crippen molar-refractivity contribution in [2.75, 3.05) is 13.1 Å². The summed E-state index contributed by atoms with van der Waals surface area (Å²) >= 11 is 0. The molecule has 0 aliphatic carbocycles. The van der Waals surface area contributed by atoms with Gasteiger partial charge in [-0.25, -0.2) is 4.79 Å². The lowest BCUT2D eigenvalue weighted by Crippen LogP contribution is -2.36. The van der Waals surface area contributed by atoms with E-state index in [1.165, 1.54) is 23.1 Å². The predicted molar refractivity (Wildman–Crippen MR) is 72.8 cm³/mol. The van der Waals surface area contributed by atoms with Crippen LogP contribution in [0.3, 0.4) is 0 Å². The number of hydrogen-bond donors (Lipinski definition) is 1. The largest absolute Gasteiger partial charge is 0.478 e. The number of nitrogens with zero attached hydrogens (tertiary/aromatic N) is 1. The number of halogens is 3. The predicted octanol–water partition coefficient (Wildman–Crippen LogP) is 3.03. The standard InChI is InChI=1S/C15H14F3NO3/c1-9-6-10(8-11(7-9)14(21)22)13(20)19-4-2-12(3-5-19)15(16,17)18/h2,6-8H,3-5H2,1H3,(H,21,22). The first-order valence-corrected chi connectivity index (χ1v) is 6.59. The maximum Gasteiger partial charge on any atom is 0.412 e. The average Bonchev–Trinajstić information content (AvgIpc) is 2.45. The molecule has 0 bridgehead atoms. The average molecular weight is 313 g/mol. The number of benzene rings is 1. The van der Waals surface area contributed by atoms with E-state index in [-0.39, 0.29) is 30.6 Å². The van der Waals surface area contributed by atoms with Crippen molar-refractivity contribution in [3.05, 3.63) is 46.5 Å². The van der Waals surface area contributed by atoms with Crippen LogP contribution in [0.25, 0.3) is 0 Å². The number of carbonyl (C=O) groups excluding carboxylic acids is 1. The summed E-state index contributed by atoms with van der Waals surface area (Å²) in [5.74, 6) is -1.63. The molecule has 1 aromatic carbocycles. The molecule has 1 aromatic rings. The first kappa shape index (κ1) is 16.1. The Morgan fingerprint density at radius 2 is 1.82 bits per heavy atom. The molecule has 0 atom stereocenters. The molecule has 1 aliphatic heterocycles. The highest BCUT2D eigenvalue weighted by Crippen LogP contribution is 2.30. The Kier molecular flexibility index (Phi) is 4.25. The Morgan fingerprint density at radius 3 is 2.32 bits per heavy atom. The van der Waals surface area contributed by atoms with Crippen LogP contribution in [0.1, 0.15) is 32.7 Å². The number of carbonyl (C=O) groups is 2. The lowest BCUT2D eigenvalue weighted by atomic mass is 10.0. The SMILES string of the molecule is Cc1cc(C(=O)O)cc(C(=O)N2CC=C(C(F)(F)F)CC2)c1. The van der Waals surface area contributed by atoms with E-state index < -0.39 is 23.6 Å². The molecule has 0 spiro atoms. The zero-order chi connectivity index (χ0) is 16.5. The number of rotatable bonds is 2. The molecule has 118 valence electrons. The molecule has 0 aromatic heterocycles. The van der Waals surface area contributed by atoms with Gasteiger partial charge in [0.25, 0.3) is 5.91 Å². The van der Waals surface area contributed by atoms with Crippen molar-refractivity contribution >= 4 is 11.9 Å². The highest BCUT2D eigenvalue weighted by atomic mass is 19.4. The van der Waals surface area contributed by atoms with Crippen LogP contribution in [0.5, 0.6) is 0 Å². The number of alkyl halides is 3. The van der Waals surface area contributed by atoms with Crippen LogP contribution in [0.15, 0.2) is 29.8 Å². The normalized spacial score (nSPS) is 15.5. The van der Waals surface area contributed by atoms with Crippen LogP contribution in [0, 0.1) is 6.92 Å². The van der Waals surface area contributed by atoms with Gasteiger partial charge in [-0.05, 0) is 37.1 Å². The van der Waals surface area contributed by atoms with Gasteiger partial charge in [0.15, 0.2) is 0 Å². The summed E-state index contributed by atoms with van der Waals surface area (Å²) in [6.07, 6.45) is -3.63. The summed E-state index contributed by atoms with van der Waals surface area (Å²) < 4.78 is 37.7. The zero-order valence-corrected chi connectivity index (χ0v) is 11.8. The molecular weight excluding hydrogens is 299 g/mol. The van der Waals surface area contributed by atoms with Crippen molar-refractivity contribution in [2.24, 2.45) is 0 Å². The second-order valence-corrected chi connectivity index (χ2v) is 5.12. The van der Waals surface area contributed by atoms with Crippen LogP contribution in [0.4, 0.5) is 13.2 Å². The summed E-state index contributed by atoms with van der Waals surface area (Å²) in [4.78, 5) is 24.6. The quantitative estimate of drug-likeness (QED) is 0.854. The molecule has 0 radical (unpaired) electrons. The Hall–Kier alpha value is -2.31. The second-order valence-electron chi connectivity index (χ2n) is 5.12. The Morgan fingerprint density at radius 1 is 1.18 bits per heavy atom. The first-order valence-electron chi connectivity index (χ1n) is 6.59. The summed E-state index contributed by atoms with van der Waals surface area (Å²) in [6.45, 7) is 1.48. The van der Waals surface area contributed by atoms with Crippen LogP contribution in [-0.2, 0) is 0 Å². The smallest absolute Gasteiger partial charge is 0.412 e. The van der Waals surface area contributed by atoms with E-state index in [1.54, 1.807) is 6.92 Å². The molecule has 0 saturated carbocycles. The lowest BCUT2D eigenvalue weighted by Gasteiger charge is -2.27. The molecule has 1 N–H and O–H groups in total. The van der Waals surface area contributed by atoms with Crippen molar-refractivity contribution in [1.82, 2.24) is 4.90 Å². The van der Waals surface area contributed by atoms with Gasteiger partial charge in [-0.3, -0.25) is 4.79 Å². The van der Waals surface area contributed by atoms with E-state index in [0.29, 0.717) is 5.56 Å². The minimum Gasteiger partial charge on any atom is -0.478 e. The molecular formula is C15H14F3NO3. The highest BCUT2D eigenvalue weighted by Gasteiger charge is 2.35. The number of amides is 1. The maximum atomic E-state index is 12.6. The van der Waals surface area contributed by atoms with Gasteiger partial charge in [-0.2, -0.15) is 13.2 Å². The first-order chi connectivity index (χ1) is 10.2. The van der Waals surface area contributed by atoms with Crippen molar-refractivity contribution in [3.8, 4) is 0 Å². The topological polar surface area (TPSA) is 57.6 Å².